The zero-order chi connectivity index (χ0) is 13.2. The van der Waals surface area contributed by atoms with Crippen LogP contribution in [0.5, 0.6) is 0 Å². The van der Waals surface area contributed by atoms with Crippen LogP contribution >= 0.6 is 0 Å². The fraction of sp³-hybridized carbons (Fsp3) is 0.353. The summed E-state index contributed by atoms with van der Waals surface area (Å²) >= 11 is 0. The van der Waals surface area contributed by atoms with Gasteiger partial charge in [0.05, 0.1) is 0 Å². The molecule has 2 heteroatoms. The molecule has 0 bridgehead atoms. The molecule has 1 heterocycles. The smallest absolute Gasteiger partial charge is 0.166 e. The number of hydrogen-bond acceptors (Lipinski definition) is 2. The van der Waals surface area contributed by atoms with Crippen molar-refractivity contribution < 1.29 is 4.79 Å². The van der Waals surface area contributed by atoms with E-state index in [9.17, 15) is 4.79 Å². The van der Waals surface area contributed by atoms with E-state index in [0.717, 1.165) is 30.5 Å². The van der Waals surface area contributed by atoms with Crippen molar-refractivity contribution in [1.29, 1.82) is 0 Å². The van der Waals surface area contributed by atoms with Gasteiger partial charge in [0.2, 0.25) is 0 Å². The average Bonchev–Trinajstić information content (AvgIpc) is 2.46. The molecule has 0 spiro atoms. The van der Waals surface area contributed by atoms with Crippen LogP contribution in [-0.2, 0) is 0 Å². The van der Waals surface area contributed by atoms with Crippen LogP contribution in [-0.4, -0.2) is 18.9 Å². The van der Waals surface area contributed by atoms with Gasteiger partial charge < -0.3 is 5.32 Å². The van der Waals surface area contributed by atoms with Crippen LogP contribution in [0, 0.1) is 11.8 Å². The van der Waals surface area contributed by atoms with Crippen LogP contribution in [0.25, 0.3) is 10.8 Å². The predicted octanol–water partition coefficient (Wildman–Crippen LogP) is 3.27. The summed E-state index contributed by atoms with van der Waals surface area (Å²) < 4.78 is 0. The maximum absolute atomic E-state index is 12.6. The summed E-state index contributed by atoms with van der Waals surface area (Å²) in [6, 6.07) is 14.2. The van der Waals surface area contributed by atoms with Crippen LogP contribution in [0.2, 0.25) is 0 Å². The molecule has 1 saturated heterocycles. The van der Waals surface area contributed by atoms with Gasteiger partial charge in [-0.15, -0.1) is 0 Å². The molecule has 2 atom stereocenters. The molecule has 1 fully saturated rings. The Morgan fingerprint density at radius 3 is 2.74 bits per heavy atom. The molecule has 0 radical (unpaired) electrons. The van der Waals surface area contributed by atoms with Crippen molar-refractivity contribution in [2.45, 2.75) is 13.3 Å². The van der Waals surface area contributed by atoms with Gasteiger partial charge in [0.25, 0.3) is 0 Å². The van der Waals surface area contributed by atoms with Gasteiger partial charge >= 0.3 is 0 Å². The molecule has 1 aliphatic rings. The molecule has 0 aliphatic carbocycles. The lowest BCUT2D eigenvalue weighted by Gasteiger charge is -2.28. The second kappa shape index (κ2) is 5.14. The van der Waals surface area contributed by atoms with Crippen LogP contribution in [0.15, 0.2) is 42.5 Å². The minimum Gasteiger partial charge on any atom is -0.316 e. The second-order valence-electron chi connectivity index (χ2n) is 5.50. The molecule has 0 aromatic heterocycles. The van der Waals surface area contributed by atoms with Crippen LogP contribution in [0.3, 0.4) is 0 Å². The van der Waals surface area contributed by atoms with E-state index in [0.29, 0.717) is 11.7 Å². The summed E-state index contributed by atoms with van der Waals surface area (Å²) in [5.41, 5.74) is 0.859. The highest BCUT2D eigenvalue weighted by Crippen LogP contribution is 2.25. The fourth-order valence-electron chi connectivity index (χ4n) is 2.96. The molecule has 2 unspecified atom stereocenters. The number of benzene rings is 2. The molecule has 2 aromatic rings. The minimum absolute atomic E-state index is 0.169. The first-order valence-electron chi connectivity index (χ1n) is 6.99. The summed E-state index contributed by atoms with van der Waals surface area (Å²) in [4.78, 5) is 12.6. The Morgan fingerprint density at radius 1 is 1.16 bits per heavy atom. The Kier molecular flexibility index (Phi) is 3.34. The van der Waals surface area contributed by atoms with Gasteiger partial charge in [-0.25, -0.2) is 0 Å². The summed E-state index contributed by atoms with van der Waals surface area (Å²) in [5, 5.41) is 5.69. The molecular weight excluding hydrogens is 234 g/mol. The molecule has 1 N–H and O–H groups in total. The highest BCUT2D eigenvalue weighted by molar-refractivity contribution is 6.01. The van der Waals surface area contributed by atoms with E-state index in [2.05, 4.69) is 24.4 Å². The van der Waals surface area contributed by atoms with E-state index in [1.807, 2.05) is 30.3 Å². The van der Waals surface area contributed by atoms with Gasteiger partial charge in [0, 0.05) is 11.5 Å². The first-order valence-corrected chi connectivity index (χ1v) is 6.99. The van der Waals surface area contributed by atoms with Crippen LogP contribution < -0.4 is 5.32 Å². The Hall–Kier alpha value is -1.67. The fourth-order valence-corrected chi connectivity index (χ4v) is 2.96. The van der Waals surface area contributed by atoms with E-state index in [1.165, 1.54) is 5.39 Å². The number of nitrogens with one attached hydrogen (secondary N) is 1. The van der Waals surface area contributed by atoms with Crippen LogP contribution in [0.1, 0.15) is 23.7 Å². The molecular formula is C17H19NO. The normalized spacial score (nSPS) is 23.4. The Labute approximate surface area is 113 Å². The number of piperidine rings is 1. The van der Waals surface area contributed by atoms with Crippen molar-refractivity contribution in [3.05, 3.63) is 48.0 Å². The number of Topliss-reactive ketones (excluding diaryl/α,β-unsaturated/α-hetero) is 1. The topological polar surface area (TPSA) is 29.1 Å². The summed E-state index contributed by atoms with van der Waals surface area (Å²) in [6.45, 7) is 4.06. The third-order valence-corrected chi connectivity index (χ3v) is 4.16. The molecule has 3 rings (SSSR count). The van der Waals surface area contributed by atoms with Gasteiger partial charge in [-0.3, -0.25) is 4.79 Å². The standard InChI is InChI=1S/C17H19NO/c1-12-11-18-9-8-16(12)17(19)15-7-6-13-4-2-3-5-14(13)10-15/h2-7,10,12,16,18H,8-9,11H2,1H3. The molecule has 2 aromatic carbocycles. The molecule has 98 valence electrons. The number of fused-ring (bicyclic) bond motifs is 1. The lowest BCUT2D eigenvalue weighted by Crippen LogP contribution is -2.38. The SMILES string of the molecule is CC1CNCCC1C(=O)c1ccc2ccccc2c1. The highest BCUT2D eigenvalue weighted by atomic mass is 16.1. The predicted molar refractivity (Wildman–Crippen MR) is 78.4 cm³/mol. The molecule has 0 saturated carbocycles. The monoisotopic (exact) mass is 253 g/mol. The van der Waals surface area contributed by atoms with Crippen molar-refractivity contribution in [3.63, 3.8) is 0 Å². The Morgan fingerprint density at radius 2 is 1.95 bits per heavy atom. The molecule has 19 heavy (non-hydrogen) atoms. The van der Waals surface area contributed by atoms with E-state index < -0.39 is 0 Å². The number of carbonyl (C=O) groups excluding carboxylic acids is 1. The van der Waals surface area contributed by atoms with Gasteiger partial charge in [-0.05, 0) is 42.3 Å². The second-order valence-corrected chi connectivity index (χ2v) is 5.50. The third-order valence-electron chi connectivity index (χ3n) is 4.16. The average molecular weight is 253 g/mol. The molecule has 1 aliphatic heterocycles. The lowest BCUT2D eigenvalue weighted by atomic mass is 9.82. The zero-order valence-corrected chi connectivity index (χ0v) is 11.2. The van der Waals surface area contributed by atoms with E-state index in [1.54, 1.807) is 0 Å². The summed E-state index contributed by atoms with van der Waals surface area (Å²) in [6.07, 6.45) is 0.951. The number of ketones is 1. The summed E-state index contributed by atoms with van der Waals surface area (Å²) in [5.74, 6) is 0.898. The van der Waals surface area contributed by atoms with Gasteiger partial charge in [-0.1, -0.05) is 43.3 Å². The van der Waals surface area contributed by atoms with Crippen molar-refractivity contribution >= 4 is 16.6 Å². The number of rotatable bonds is 2. The maximum atomic E-state index is 12.6. The Bertz CT molecular complexity index is 605. The van der Waals surface area contributed by atoms with E-state index >= 15 is 0 Å². The molecule has 0 amide bonds. The first-order chi connectivity index (χ1) is 9.25. The van der Waals surface area contributed by atoms with Crippen LogP contribution in [0.4, 0.5) is 0 Å². The van der Waals surface area contributed by atoms with Crippen molar-refractivity contribution in [1.82, 2.24) is 5.32 Å². The minimum atomic E-state index is 0.169. The maximum Gasteiger partial charge on any atom is 0.166 e. The number of hydrogen-bond donors (Lipinski definition) is 1. The number of carbonyl (C=O) groups is 1. The lowest BCUT2D eigenvalue weighted by molar-refractivity contribution is 0.0848. The molecule has 2 nitrogen and oxygen atoms in total. The van der Waals surface area contributed by atoms with E-state index in [4.69, 9.17) is 0 Å². The van der Waals surface area contributed by atoms with E-state index in [-0.39, 0.29) is 5.92 Å². The van der Waals surface area contributed by atoms with Crippen molar-refractivity contribution in [2.75, 3.05) is 13.1 Å². The van der Waals surface area contributed by atoms with Gasteiger partial charge in [0.15, 0.2) is 5.78 Å². The third kappa shape index (κ3) is 2.41. The largest absolute Gasteiger partial charge is 0.316 e. The van der Waals surface area contributed by atoms with Crippen molar-refractivity contribution in [3.8, 4) is 0 Å². The first kappa shape index (κ1) is 12.4. The van der Waals surface area contributed by atoms with Crippen molar-refractivity contribution in [2.24, 2.45) is 11.8 Å². The van der Waals surface area contributed by atoms with Gasteiger partial charge in [-0.2, -0.15) is 0 Å². The quantitative estimate of drug-likeness (QED) is 0.832. The Balaban J connectivity index is 1.92. The zero-order valence-electron chi connectivity index (χ0n) is 11.2. The summed E-state index contributed by atoms with van der Waals surface area (Å²) in [7, 11) is 0. The highest BCUT2D eigenvalue weighted by Gasteiger charge is 2.28. The van der Waals surface area contributed by atoms with Gasteiger partial charge in [0.1, 0.15) is 0 Å².